The number of Topliss-reactive ketones (excluding diaryl/α,β-unsaturated/α-hetero) is 1. The lowest BCUT2D eigenvalue weighted by Gasteiger charge is -2.41. The molecule has 0 saturated heterocycles. The molecule has 0 aromatic carbocycles. The smallest absolute Gasteiger partial charge is 0.160 e. The maximum atomic E-state index is 12.6. The number of halogens is 6. The lowest BCUT2D eigenvalue weighted by Crippen LogP contribution is -2.54. The average molecular weight is 381 g/mol. The Morgan fingerprint density at radius 1 is 1.00 bits per heavy atom. The van der Waals surface area contributed by atoms with Crippen LogP contribution in [-0.2, 0) is 4.79 Å². The Balaban J connectivity index is 1.95. The van der Waals surface area contributed by atoms with Gasteiger partial charge in [-0.2, -0.15) is 0 Å². The predicted octanol–water partition coefficient (Wildman–Crippen LogP) is 3.81. The summed E-state index contributed by atoms with van der Waals surface area (Å²) < 4.78 is -1.40. The molecule has 4 bridgehead atoms. The van der Waals surface area contributed by atoms with Gasteiger partial charge in [-0.1, -0.05) is 23.2 Å². The number of hydrogen-bond donors (Lipinski definition) is 0. The van der Waals surface area contributed by atoms with Gasteiger partial charge in [-0.3, -0.25) is 4.79 Å². The van der Waals surface area contributed by atoms with Gasteiger partial charge in [0.1, 0.15) is 15.5 Å². The molecule has 0 aromatic heterocycles. The Morgan fingerprint density at radius 2 is 1.63 bits per heavy atom. The van der Waals surface area contributed by atoms with E-state index in [1.165, 1.54) is 0 Å². The van der Waals surface area contributed by atoms with Crippen LogP contribution in [0.1, 0.15) is 6.42 Å². The SMILES string of the molecule is O=C1[C@H]2C[C@H]3[C@@H]1[C@@]1(Cl)C(Cl)[C@]4(Cl)C2[C@@H]3[C@]1(Cl)C4(Cl)Cl. The van der Waals surface area contributed by atoms with E-state index in [9.17, 15) is 4.79 Å². The number of carbonyl (C=O) groups is 1. The third kappa shape index (κ3) is 0.788. The minimum absolute atomic E-state index is 0.00173. The summed E-state index contributed by atoms with van der Waals surface area (Å²) in [6, 6.07) is 0. The van der Waals surface area contributed by atoms with Crippen molar-refractivity contribution in [1.29, 1.82) is 0 Å². The molecule has 0 spiro atoms. The lowest BCUT2D eigenvalue weighted by atomic mass is 9.76. The summed E-state index contributed by atoms with van der Waals surface area (Å²) in [6.45, 7) is 0. The molecule has 5 saturated carbocycles. The zero-order valence-electron chi connectivity index (χ0n) is 9.35. The normalized spacial score (nSPS) is 73.7. The second-order valence-electron chi connectivity index (χ2n) is 6.62. The molecule has 2 unspecified atom stereocenters. The summed E-state index contributed by atoms with van der Waals surface area (Å²) in [6.07, 6.45) is 0.809. The van der Waals surface area contributed by atoms with Gasteiger partial charge in [0.15, 0.2) is 4.33 Å². The molecule has 0 amide bonds. The van der Waals surface area contributed by atoms with Gasteiger partial charge >= 0.3 is 0 Å². The summed E-state index contributed by atoms with van der Waals surface area (Å²) in [5.41, 5.74) is 0. The summed E-state index contributed by atoms with van der Waals surface area (Å²) in [5, 5.41) is -0.693. The van der Waals surface area contributed by atoms with Crippen molar-refractivity contribution in [1.82, 2.24) is 0 Å². The minimum atomic E-state index is -1.40. The van der Waals surface area contributed by atoms with E-state index in [0.29, 0.717) is 0 Å². The van der Waals surface area contributed by atoms with E-state index in [4.69, 9.17) is 69.6 Å². The Morgan fingerprint density at radius 3 is 2.26 bits per heavy atom. The van der Waals surface area contributed by atoms with Crippen molar-refractivity contribution in [3.63, 3.8) is 0 Å². The fourth-order valence-corrected chi connectivity index (χ4v) is 10.2. The fraction of sp³-hybridized carbons (Fsp3) is 0.917. The van der Waals surface area contributed by atoms with Crippen LogP contribution in [-0.4, -0.2) is 30.1 Å². The third-order valence-electron chi connectivity index (χ3n) is 6.54. The largest absolute Gasteiger partial charge is 0.299 e. The van der Waals surface area contributed by atoms with Crippen LogP contribution < -0.4 is 0 Å². The first kappa shape index (κ1) is 12.9. The highest BCUT2D eigenvalue weighted by Gasteiger charge is 3.00. The summed E-state index contributed by atoms with van der Waals surface area (Å²) >= 11 is 40.2. The van der Waals surface area contributed by atoms with Gasteiger partial charge in [0.25, 0.3) is 0 Å². The molecule has 9 atom stereocenters. The molecular weight excluding hydrogens is 373 g/mol. The van der Waals surface area contributed by atoms with Gasteiger partial charge in [0.05, 0.1) is 10.3 Å². The number of hydrogen-bond acceptors (Lipinski definition) is 1. The topological polar surface area (TPSA) is 17.1 Å². The van der Waals surface area contributed by atoms with E-state index in [1.54, 1.807) is 0 Å². The van der Waals surface area contributed by atoms with Crippen molar-refractivity contribution in [3.8, 4) is 0 Å². The van der Waals surface area contributed by atoms with Crippen LogP contribution in [0, 0.1) is 29.6 Å². The van der Waals surface area contributed by atoms with Crippen LogP contribution >= 0.6 is 69.6 Å². The van der Waals surface area contributed by atoms with Crippen molar-refractivity contribution < 1.29 is 4.79 Å². The molecule has 104 valence electrons. The lowest BCUT2D eigenvalue weighted by molar-refractivity contribution is -0.126. The van der Waals surface area contributed by atoms with Crippen LogP contribution in [0.2, 0.25) is 0 Å². The Hall–Kier alpha value is 1.41. The summed E-state index contributed by atoms with van der Waals surface area (Å²) in [5.74, 6) is -0.312. The Kier molecular flexibility index (Phi) is 1.99. The predicted molar refractivity (Wildman–Crippen MR) is 76.9 cm³/mol. The maximum Gasteiger partial charge on any atom is 0.160 e. The fourth-order valence-electron chi connectivity index (χ4n) is 6.19. The number of rotatable bonds is 0. The highest BCUT2D eigenvalue weighted by molar-refractivity contribution is 6.64. The molecule has 0 radical (unpaired) electrons. The standard InChI is InChI=1S/C12H8Cl6O/c13-8-9(14)6-2-1-3(7(6)19)4-5(2)11(9,16)12(17,18)10(4,8)15/h2-6,8H,1H2/t2-,3+,4?,5-,6+,8?,9-,10-,11-/m1/s1. The van der Waals surface area contributed by atoms with E-state index >= 15 is 0 Å². The second kappa shape index (κ2) is 2.93. The zero-order chi connectivity index (χ0) is 13.7. The summed E-state index contributed by atoms with van der Waals surface area (Å²) in [7, 11) is 0. The monoisotopic (exact) mass is 378 g/mol. The van der Waals surface area contributed by atoms with E-state index in [-0.39, 0.29) is 35.4 Å². The third-order valence-corrected chi connectivity index (χ3v) is 11.5. The second-order valence-corrected chi connectivity index (χ2v) is 10.2. The molecule has 5 fully saturated rings. The molecule has 0 aliphatic heterocycles. The molecule has 5 aliphatic rings. The zero-order valence-corrected chi connectivity index (χ0v) is 13.9. The molecular formula is C12H8Cl6O. The molecule has 0 heterocycles. The highest BCUT2D eigenvalue weighted by Crippen LogP contribution is 2.90. The van der Waals surface area contributed by atoms with Crippen LogP contribution in [0.4, 0.5) is 0 Å². The first-order valence-electron chi connectivity index (χ1n) is 6.29. The van der Waals surface area contributed by atoms with Gasteiger partial charge in [-0.15, -0.1) is 46.4 Å². The molecule has 5 aliphatic carbocycles. The summed E-state index contributed by atoms with van der Waals surface area (Å²) in [4.78, 5) is 9.19. The van der Waals surface area contributed by atoms with Gasteiger partial charge in [-0.05, 0) is 24.2 Å². The number of carbonyl (C=O) groups excluding carboxylic acids is 1. The van der Waals surface area contributed by atoms with Crippen molar-refractivity contribution in [2.75, 3.05) is 0 Å². The van der Waals surface area contributed by atoms with E-state index < -0.39 is 24.3 Å². The number of ketones is 1. The molecule has 19 heavy (non-hydrogen) atoms. The van der Waals surface area contributed by atoms with Crippen LogP contribution in [0.3, 0.4) is 0 Å². The first-order valence-corrected chi connectivity index (χ1v) is 8.61. The first-order chi connectivity index (χ1) is 8.66. The number of fused-ring (bicyclic) bond motifs is 5. The van der Waals surface area contributed by atoms with Crippen molar-refractivity contribution in [2.24, 2.45) is 29.6 Å². The Bertz CT molecular complexity index is 564. The highest BCUT2D eigenvalue weighted by atomic mass is 35.5. The van der Waals surface area contributed by atoms with Crippen LogP contribution in [0.15, 0.2) is 0 Å². The molecule has 5 rings (SSSR count). The van der Waals surface area contributed by atoms with Gasteiger partial charge in [0, 0.05) is 11.8 Å². The number of alkyl halides is 6. The van der Waals surface area contributed by atoms with Gasteiger partial charge < -0.3 is 0 Å². The molecule has 1 nitrogen and oxygen atoms in total. The van der Waals surface area contributed by atoms with Crippen LogP contribution in [0.5, 0.6) is 0 Å². The maximum absolute atomic E-state index is 12.6. The van der Waals surface area contributed by atoms with Crippen molar-refractivity contribution in [3.05, 3.63) is 0 Å². The van der Waals surface area contributed by atoms with Crippen molar-refractivity contribution >= 4 is 75.4 Å². The quantitative estimate of drug-likeness (QED) is 0.584. The Labute approximate surface area is 140 Å². The van der Waals surface area contributed by atoms with Crippen molar-refractivity contribution in [2.45, 2.75) is 30.8 Å². The molecule has 7 heteroatoms. The van der Waals surface area contributed by atoms with Gasteiger partial charge in [0.2, 0.25) is 0 Å². The molecule has 0 N–H and O–H groups in total. The van der Waals surface area contributed by atoms with E-state index in [1.807, 2.05) is 0 Å². The van der Waals surface area contributed by atoms with Crippen LogP contribution in [0.25, 0.3) is 0 Å². The minimum Gasteiger partial charge on any atom is -0.299 e. The van der Waals surface area contributed by atoms with E-state index in [0.717, 1.165) is 6.42 Å². The average Bonchev–Trinajstić information content (AvgIpc) is 2.95. The molecule has 0 aromatic rings. The van der Waals surface area contributed by atoms with E-state index in [2.05, 4.69) is 0 Å². The van der Waals surface area contributed by atoms with Gasteiger partial charge in [-0.25, -0.2) is 0 Å².